The molecule has 28 heavy (non-hydrogen) atoms. The van der Waals surface area contributed by atoms with Gasteiger partial charge >= 0.3 is 0 Å². The number of hydrogen-bond donors (Lipinski definition) is 1. The van der Waals surface area contributed by atoms with Crippen LogP contribution in [0.4, 0.5) is 5.69 Å². The van der Waals surface area contributed by atoms with Gasteiger partial charge in [-0.1, -0.05) is 25.1 Å². The number of carbonyl (C=O) groups is 1. The van der Waals surface area contributed by atoms with Crippen LogP contribution in [-0.4, -0.2) is 28.4 Å². The lowest BCUT2D eigenvalue weighted by atomic mass is 10.2. The van der Waals surface area contributed by atoms with Gasteiger partial charge in [0.2, 0.25) is 0 Å². The van der Waals surface area contributed by atoms with Crippen molar-refractivity contribution in [1.29, 1.82) is 0 Å². The number of ether oxygens (including phenoxy) is 1. The van der Waals surface area contributed by atoms with E-state index in [9.17, 15) is 4.79 Å². The van der Waals surface area contributed by atoms with Crippen molar-refractivity contribution in [2.75, 3.05) is 6.54 Å². The van der Waals surface area contributed by atoms with E-state index >= 15 is 0 Å². The third kappa shape index (κ3) is 4.68. The van der Waals surface area contributed by atoms with Crippen LogP contribution in [0, 0.1) is 6.92 Å². The zero-order valence-corrected chi connectivity index (χ0v) is 16.3. The molecule has 0 radical (unpaired) electrons. The molecule has 146 valence electrons. The molecule has 0 aliphatic rings. The Morgan fingerprint density at radius 3 is 2.93 bits per heavy atom. The average molecular weight is 380 g/mol. The van der Waals surface area contributed by atoms with Gasteiger partial charge in [-0.05, 0) is 37.1 Å². The van der Waals surface area contributed by atoms with Crippen molar-refractivity contribution in [2.24, 2.45) is 12.0 Å². The highest BCUT2D eigenvalue weighted by Gasteiger charge is 2.15. The summed E-state index contributed by atoms with van der Waals surface area (Å²) in [4.78, 5) is 16.7. The maximum absolute atomic E-state index is 12.3. The van der Waals surface area contributed by atoms with Crippen LogP contribution in [0.25, 0.3) is 0 Å². The predicted molar refractivity (Wildman–Crippen MR) is 107 cm³/mol. The van der Waals surface area contributed by atoms with Crippen LogP contribution in [0.2, 0.25) is 0 Å². The minimum Gasteiger partial charge on any atom is -0.485 e. The van der Waals surface area contributed by atoms with E-state index in [0.29, 0.717) is 36.1 Å². The van der Waals surface area contributed by atoms with Crippen molar-refractivity contribution in [2.45, 2.75) is 26.9 Å². The van der Waals surface area contributed by atoms with Gasteiger partial charge in [0.15, 0.2) is 5.69 Å². The van der Waals surface area contributed by atoms with Crippen LogP contribution >= 0.6 is 0 Å². The molecule has 0 bridgehead atoms. The van der Waals surface area contributed by atoms with Crippen LogP contribution in [-0.2, 0) is 13.7 Å². The molecule has 0 aliphatic carbocycles. The normalized spacial score (nSPS) is 11.1. The van der Waals surface area contributed by atoms with E-state index < -0.39 is 0 Å². The SMILES string of the molecule is CCCNC(=O)c1c(N=Cc2ccc(COc3ccccc3C)o2)cnn1C. The van der Waals surface area contributed by atoms with Gasteiger partial charge in [0.1, 0.15) is 29.6 Å². The first-order chi connectivity index (χ1) is 13.6. The van der Waals surface area contributed by atoms with E-state index in [4.69, 9.17) is 9.15 Å². The molecular formula is C21H24N4O3. The number of aryl methyl sites for hydroxylation is 2. The molecule has 3 rings (SSSR count). The molecule has 1 N–H and O–H groups in total. The number of benzene rings is 1. The number of carbonyl (C=O) groups excluding carboxylic acids is 1. The second kappa shape index (κ2) is 9.03. The smallest absolute Gasteiger partial charge is 0.271 e. The second-order valence-corrected chi connectivity index (χ2v) is 6.37. The van der Waals surface area contributed by atoms with E-state index in [1.807, 2.05) is 50.2 Å². The Morgan fingerprint density at radius 1 is 1.32 bits per heavy atom. The predicted octanol–water partition coefficient (Wildman–Crippen LogP) is 3.79. The second-order valence-electron chi connectivity index (χ2n) is 6.37. The molecule has 0 spiro atoms. The molecule has 0 saturated carbocycles. The van der Waals surface area contributed by atoms with Gasteiger partial charge in [-0.3, -0.25) is 9.48 Å². The van der Waals surface area contributed by atoms with E-state index in [0.717, 1.165) is 17.7 Å². The highest BCUT2D eigenvalue weighted by atomic mass is 16.5. The Kier molecular flexibility index (Phi) is 6.26. The lowest BCUT2D eigenvalue weighted by Gasteiger charge is -2.06. The lowest BCUT2D eigenvalue weighted by Crippen LogP contribution is -2.26. The van der Waals surface area contributed by atoms with Gasteiger partial charge in [-0.15, -0.1) is 0 Å². The van der Waals surface area contributed by atoms with Gasteiger partial charge in [-0.25, -0.2) is 4.99 Å². The van der Waals surface area contributed by atoms with Crippen molar-refractivity contribution in [3.8, 4) is 5.75 Å². The third-order valence-electron chi connectivity index (χ3n) is 4.15. The van der Waals surface area contributed by atoms with Crippen LogP contribution in [0.5, 0.6) is 5.75 Å². The minimum atomic E-state index is -0.194. The number of nitrogens with one attached hydrogen (secondary N) is 1. The number of aromatic nitrogens is 2. The van der Waals surface area contributed by atoms with Gasteiger partial charge in [0.25, 0.3) is 5.91 Å². The zero-order chi connectivity index (χ0) is 19.9. The van der Waals surface area contributed by atoms with Crippen molar-refractivity contribution in [1.82, 2.24) is 15.1 Å². The maximum Gasteiger partial charge on any atom is 0.271 e. The Labute approximate surface area is 164 Å². The van der Waals surface area contributed by atoms with Crippen molar-refractivity contribution >= 4 is 17.8 Å². The molecule has 7 nitrogen and oxygen atoms in total. The summed E-state index contributed by atoms with van der Waals surface area (Å²) in [6, 6.07) is 11.5. The van der Waals surface area contributed by atoms with Crippen molar-refractivity contribution in [3.63, 3.8) is 0 Å². The molecule has 7 heteroatoms. The van der Waals surface area contributed by atoms with E-state index in [1.54, 1.807) is 19.5 Å². The Balaban J connectivity index is 1.66. The molecule has 2 heterocycles. The summed E-state index contributed by atoms with van der Waals surface area (Å²) in [5.41, 5.74) is 1.98. The van der Waals surface area contributed by atoms with Gasteiger partial charge < -0.3 is 14.5 Å². The highest BCUT2D eigenvalue weighted by molar-refractivity contribution is 5.98. The molecule has 1 aromatic carbocycles. The fourth-order valence-electron chi connectivity index (χ4n) is 2.65. The molecule has 1 amide bonds. The van der Waals surface area contributed by atoms with Gasteiger partial charge in [-0.2, -0.15) is 5.10 Å². The number of furan rings is 1. The molecule has 0 saturated heterocycles. The largest absolute Gasteiger partial charge is 0.485 e. The zero-order valence-electron chi connectivity index (χ0n) is 16.3. The first-order valence-electron chi connectivity index (χ1n) is 9.20. The van der Waals surface area contributed by atoms with E-state index in [-0.39, 0.29) is 5.91 Å². The quantitative estimate of drug-likeness (QED) is 0.603. The summed E-state index contributed by atoms with van der Waals surface area (Å²) in [6.07, 6.45) is 4.00. The third-order valence-corrected chi connectivity index (χ3v) is 4.15. The number of hydrogen-bond acceptors (Lipinski definition) is 5. The number of rotatable bonds is 8. The molecule has 0 atom stereocenters. The Bertz CT molecular complexity index is 972. The van der Waals surface area contributed by atoms with Crippen LogP contribution in [0.1, 0.15) is 40.9 Å². The molecule has 3 aromatic rings. The molecular weight excluding hydrogens is 356 g/mol. The monoisotopic (exact) mass is 380 g/mol. The summed E-state index contributed by atoms with van der Waals surface area (Å²) in [6.45, 7) is 4.93. The maximum atomic E-state index is 12.3. The minimum absolute atomic E-state index is 0.194. The van der Waals surface area contributed by atoms with Crippen LogP contribution in [0.15, 0.2) is 52.0 Å². The summed E-state index contributed by atoms with van der Waals surface area (Å²) in [7, 11) is 1.72. The molecule has 0 fully saturated rings. The van der Waals surface area contributed by atoms with Gasteiger partial charge in [0, 0.05) is 13.6 Å². The summed E-state index contributed by atoms with van der Waals surface area (Å²) in [5.74, 6) is 1.90. The topological polar surface area (TPSA) is 81.7 Å². The number of amides is 1. The van der Waals surface area contributed by atoms with Crippen LogP contribution < -0.4 is 10.1 Å². The average Bonchev–Trinajstić information content (AvgIpc) is 3.30. The molecule has 0 unspecified atom stereocenters. The van der Waals surface area contributed by atoms with E-state index in [1.165, 1.54) is 4.68 Å². The molecule has 2 aromatic heterocycles. The molecule has 0 aliphatic heterocycles. The Hall–Kier alpha value is -3.35. The lowest BCUT2D eigenvalue weighted by molar-refractivity contribution is 0.0945. The van der Waals surface area contributed by atoms with E-state index in [2.05, 4.69) is 15.4 Å². The number of aliphatic imine (C=N–C) groups is 1. The van der Waals surface area contributed by atoms with Crippen molar-refractivity contribution < 1.29 is 13.9 Å². The first-order valence-corrected chi connectivity index (χ1v) is 9.20. The summed E-state index contributed by atoms with van der Waals surface area (Å²) < 4.78 is 13.0. The fourth-order valence-corrected chi connectivity index (χ4v) is 2.65. The summed E-state index contributed by atoms with van der Waals surface area (Å²) >= 11 is 0. The first kappa shape index (κ1) is 19.4. The van der Waals surface area contributed by atoms with Crippen LogP contribution in [0.3, 0.4) is 0 Å². The summed E-state index contributed by atoms with van der Waals surface area (Å²) in [5, 5.41) is 6.97. The number of para-hydroxylation sites is 1. The Morgan fingerprint density at radius 2 is 2.14 bits per heavy atom. The highest BCUT2D eigenvalue weighted by Crippen LogP contribution is 2.20. The number of nitrogens with zero attached hydrogens (tertiary/aromatic N) is 3. The standard InChI is InChI=1S/C21H24N4O3/c1-4-11-22-21(26)20-18(13-24-25(20)3)23-12-16-9-10-17(28-16)14-27-19-8-6-5-7-15(19)2/h5-10,12-13H,4,11,14H2,1-3H3,(H,22,26). The van der Waals surface area contributed by atoms with Gasteiger partial charge in [0.05, 0.1) is 12.4 Å². The van der Waals surface area contributed by atoms with Crippen molar-refractivity contribution in [3.05, 3.63) is 65.4 Å². The fraction of sp³-hybridized carbons (Fsp3) is 0.286.